The van der Waals surface area contributed by atoms with Gasteiger partial charge in [0.25, 0.3) is 0 Å². The van der Waals surface area contributed by atoms with Crippen molar-refractivity contribution in [3.63, 3.8) is 0 Å². The second kappa shape index (κ2) is 5.19. The van der Waals surface area contributed by atoms with Crippen molar-refractivity contribution < 1.29 is 0 Å². The first-order valence-electron chi connectivity index (χ1n) is 7.12. The van der Waals surface area contributed by atoms with Crippen LogP contribution in [-0.4, -0.2) is 34.1 Å². The minimum atomic E-state index is 0.525. The van der Waals surface area contributed by atoms with Crippen molar-refractivity contribution >= 4 is 17.1 Å². The first kappa shape index (κ1) is 13.6. The summed E-state index contributed by atoms with van der Waals surface area (Å²) in [6.45, 7) is 2.84. The molecule has 0 atom stereocenters. The molecule has 3 aromatic rings. The molecule has 0 amide bonds. The minimum Gasteiger partial charge on any atom is -0.369 e. The summed E-state index contributed by atoms with van der Waals surface area (Å²) < 4.78 is 5.77. The molecule has 0 aliphatic heterocycles. The number of anilines is 1. The van der Waals surface area contributed by atoms with E-state index < -0.39 is 0 Å². The van der Waals surface area contributed by atoms with Gasteiger partial charge in [-0.2, -0.15) is 5.10 Å². The van der Waals surface area contributed by atoms with E-state index in [0.717, 1.165) is 41.9 Å². The Kier molecular flexibility index (Phi) is 3.36. The molecule has 3 rings (SSSR count). The fraction of sp³-hybridized carbons (Fsp3) is 0.538. The number of aryl methyl sites for hydroxylation is 5. The van der Waals surface area contributed by atoms with Gasteiger partial charge in [-0.25, -0.2) is 4.98 Å². The van der Waals surface area contributed by atoms with E-state index in [2.05, 4.69) is 27.2 Å². The molecule has 3 aromatic heterocycles. The SMILES string of the molecule is CCCc1nn(C)c2c1nc(N)n2CCc1nncn1C. The lowest BCUT2D eigenvalue weighted by Gasteiger charge is -2.06. The van der Waals surface area contributed by atoms with Gasteiger partial charge in [0.05, 0.1) is 5.69 Å². The monoisotopic (exact) mass is 288 g/mol. The van der Waals surface area contributed by atoms with Gasteiger partial charge in [-0.05, 0) is 6.42 Å². The van der Waals surface area contributed by atoms with Crippen LogP contribution in [-0.2, 0) is 33.5 Å². The van der Waals surface area contributed by atoms with E-state index in [1.165, 1.54) is 0 Å². The molecule has 112 valence electrons. The van der Waals surface area contributed by atoms with E-state index in [9.17, 15) is 0 Å². The number of rotatable bonds is 5. The summed E-state index contributed by atoms with van der Waals surface area (Å²) in [6.07, 6.45) is 4.40. The molecular formula is C13H20N8. The van der Waals surface area contributed by atoms with E-state index in [1.54, 1.807) is 6.33 Å². The highest BCUT2D eigenvalue weighted by atomic mass is 15.3. The lowest BCUT2D eigenvalue weighted by atomic mass is 10.2. The van der Waals surface area contributed by atoms with Crippen LogP contribution in [0.3, 0.4) is 0 Å². The van der Waals surface area contributed by atoms with Gasteiger partial charge in [0.15, 0.2) is 5.65 Å². The van der Waals surface area contributed by atoms with Gasteiger partial charge >= 0.3 is 0 Å². The van der Waals surface area contributed by atoms with Gasteiger partial charge in [0.2, 0.25) is 5.95 Å². The van der Waals surface area contributed by atoms with Gasteiger partial charge in [-0.1, -0.05) is 13.3 Å². The summed E-state index contributed by atoms with van der Waals surface area (Å²) in [5.41, 5.74) is 8.97. The van der Waals surface area contributed by atoms with Crippen LogP contribution in [0.1, 0.15) is 24.9 Å². The molecular weight excluding hydrogens is 268 g/mol. The molecule has 0 saturated carbocycles. The van der Waals surface area contributed by atoms with E-state index >= 15 is 0 Å². The largest absolute Gasteiger partial charge is 0.369 e. The fourth-order valence-electron chi connectivity index (χ4n) is 2.63. The van der Waals surface area contributed by atoms with Gasteiger partial charge in [-0.3, -0.25) is 9.25 Å². The summed E-state index contributed by atoms with van der Waals surface area (Å²) in [6, 6.07) is 0. The molecule has 0 fully saturated rings. The summed E-state index contributed by atoms with van der Waals surface area (Å²) >= 11 is 0. The lowest BCUT2D eigenvalue weighted by molar-refractivity contribution is 0.643. The smallest absolute Gasteiger partial charge is 0.202 e. The van der Waals surface area contributed by atoms with Gasteiger partial charge in [-0.15, -0.1) is 10.2 Å². The Morgan fingerprint density at radius 1 is 1.24 bits per heavy atom. The third kappa shape index (κ3) is 2.26. The molecule has 8 heteroatoms. The third-order valence-electron chi connectivity index (χ3n) is 3.67. The Hall–Kier alpha value is -2.38. The van der Waals surface area contributed by atoms with E-state index in [4.69, 9.17) is 5.73 Å². The number of nitrogens with zero attached hydrogens (tertiary/aromatic N) is 7. The highest BCUT2D eigenvalue weighted by Gasteiger charge is 2.17. The van der Waals surface area contributed by atoms with Crippen LogP contribution < -0.4 is 5.73 Å². The Balaban J connectivity index is 1.94. The second-order valence-corrected chi connectivity index (χ2v) is 5.22. The number of fused-ring (bicyclic) bond motifs is 1. The molecule has 21 heavy (non-hydrogen) atoms. The molecule has 0 aromatic carbocycles. The molecule has 0 saturated heterocycles. The number of imidazole rings is 1. The normalized spacial score (nSPS) is 11.6. The van der Waals surface area contributed by atoms with Crippen LogP contribution in [0.25, 0.3) is 11.2 Å². The highest BCUT2D eigenvalue weighted by molar-refractivity contribution is 5.77. The zero-order chi connectivity index (χ0) is 15.0. The van der Waals surface area contributed by atoms with Gasteiger partial charge in [0.1, 0.15) is 17.7 Å². The van der Waals surface area contributed by atoms with Crippen molar-refractivity contribution in [2.75, 3.05) is 5.73 Å². The molecule has 0 bridgehead atoms. The first-order chi connectivity index (χ1) is 10.1. The standard InChI is InChI=1S/C13H20N8/c1-4-5-9-11-12(20(3)18-9)21(13(14)16-11)7-6-10-17-15-8-19(10)2/h8H,4-7H2,1-3H3,(H2,14,16). The Labute approximate surface area is 122 Å². The summed E-state index contributed by atoms with van der Waals surface area (Å²) in [5.74, 6) is 1.45. The molecule has 0 unspecified atom stereocenters. The van der Waals surface area contributed by atoms with E-state index in [-0.39, 0.29) is 0 Å². The lowest BCUT2D eigenvalue weighted by Crippen LogP contribution is -2.10. The molecule has 0 aliphatic rings. The maximum Gasteiger partial charge on any atom is 0.202 e. The number of hydrogen-bond acceptors (Lipinski definition) is 5. The third-order valence-corrected chi connectivity index (χ3v) is 3.67. The van der Waals surface area contributed by atoms with Crippen molar-refractivity contribution in [2.45, 2.75) is 32.7 Å². The topological polar surface area (TPSA) is 92.4 Å². The highest BCUT2D eigenvalue weighted by Crippen LogP contribution is 2.22. The zero-order valence-corrected chi connectivity index (χ0v) is 12.6. The average Bonchev–Trinajstić information content (AvgIpc) is 3.07. The number of nitrogens with two attached hydrogens (primary N) is 1. The predicted molar refractivity (Wildman–Crippen MR) is 79.6 cm³/mol. The maximum absolute atomic E-state index is 6.08. The zero-order valence-electron chi connectivity index (χ0n) is 12.6. The predicted octanol–water partition coefficient (Wildman–Crippen LogP) is 0.676. The minimum absolute atomic E-state index is 0.525. The molecule has 3 heterocycles. The van der Waals surface area contributed by atoms with Crippen molar-refractivity contribution in [1.29, 1.82) is 0 Å². The molecule has 8 nitrogen and oxygen atoms in total. The molecule has 0 radical (unpaired) electrons. The number of nitrogen functional groups attached to an aromatic ring is 1. The average molecular weight is 288 g/mol. The van der Waals surface area contributed by atoms with Gasteiger partial charge in [0, 0.05) is 27.1 Å². The van der Waals surface area contributed by atoms with Crippen molar-refractivity contribution in [3.8, 4) is 0 Å². The Morgan fingerprint density at radius 2 is 2.05 bits per heavy atom. The van der Waals surface area contributed by atoms with Crippen LogP contribution in [0.4, 0.5) is 5.95 Å². The number of aromatic nitrogens is 7. The van der Waals surface area contributed by atoms with Crippen LogP contribution in [0, 0.1) is 0 Å². The molecule has 2 N–H and O–H groups in total. The fourth-order valence-corrected chi connectivity index (χ4v) is 2.63. The summed E-state index contributed by atoms with van der Waals surface area (Å²) in [7, 11) is 3.87. The molecule has 0 aliphatic carbocycles. The van der Waals surface area contributed by atoms with Crippen LogP contribution >= 0.6 is 0 Å². The summed E-state index contributed by atoms with van der Waals surface area (Å²) in [5, 5.41) is 12.5. The van der Waals surface area contributed by atoms with Crippen LogP contribution in [0.15, 0.2) is 6.33 Å². The van der Waals surface area contributed by atoms with Crippen LogP contribution in [0.2, 0.25) is 0 Å². The molecule has 0 spiro atoms. The van der Waals surface area contributed by atoms with E-state index in [1.807, 2.05) is 27.9 Å². The van der Waals surface area contributed by atoms with Crippen molar-refractivity contribution in [3.05, 3.63) is 17.8 Å². The van der Waals surface area contributed by atoms with E-state index in [0.29, 0.717) is 12.5 Å². The Bertz CT molecular complexity index is 763. The Morgan fingerprint density at radius 3 is 2.71 bits per heavy atom. The van der Waals surface area contributed by atoms with Gasteiger partial charge < -0.3 is 10.3 Å². The first-order valence-corrected chi connectivity index (χ1v) is 7.12. The quantitative estimate of drug-likeness (QED) is 0.745. The van der Waals surface area contributed by atoms with Crippen LogP contribution in [0.5, 0.6) is 0 Å². The van der Waals surface area contributed by atoms with Crippen molar-refractivity contribution in [1.82, 2.24) is 34.1 Å². The maximum atomic E-state index is 6.08. The second-order valence-electron chi connectivity index (χ2n) is 5.22. The summed E-state index contributed by atoms with van der Waals surface area (Å²) in [4.78, 5) is 4.49. The van der Waals surface area contributed by atoms with Crippen molar-refractivity contribution in [2.24, 2.45) is 14.1 Å². The number of hydrogen-bond donors (Lipinski definition) is 1.